The van der Waals surface area contributed by atoms with E-state index in [1.807, 2.05) is 44.2 Å². The van der Waals surface area contributed by atoms with Gasteiger partial charge in [0.05, 0.1) is 12.0 Å². The van der Waals surface area contributed by atoms with Crippen molar-refractivity contribution in [3.05, 3.63) is 35.9 Å². The highest BCUT2D eigenvalue weighted by atomic mass is 16.6. The van der Waals surface area contributed by atoms with Gasteiger partial charge in [-0.05, 0) is 32.3 Å². The average molecular weight is 335 g/mol. The molecule has 1 rings (SSSR count). The molecule has 1 aromatic carbocycles. The lowest BCUT2D eigenvalue weighted by molar-refractivity contribution is -0.314. The van der Waals surface area contributed by atoms with Gasteiger partial charge in [-0.2, -0.15) is 0 Å². The van der Waals surface area contributed by atoms with Gasteiger partial charge < -0.3 is 14.6 Å². The Morgan fingerprint density at radius 3 is 2.29 bits per heavy atom. The molecule has 0 aliphatic carbocycles. The Bertz CT molecular complexity index is 540. The van der Waals surface area contributed by atoms with E-state index in [2.05, 4.69) is 5.43 Å². The van der Waals surface area contributed by atoms with Crippen LogP contribution in [0, 0.1) is 5.92 Å². The van der Waals surface area contributed by atoms with Crippen LogP contribution in [0.25, 0.3) is 0 Å². The minimum Gasteiger partial charge on any atom is -0.548 e. The summed E-state index contributed by atoms with van der Waals surface area (Å²) < 4.78 is 5.24. The summed E-state index contributed by atoms with van der Waals surface area (Å²) in [6.07, 6.45) is -0.0482. The molecule has 0 spiro atoms. The molecule has 1 aromatic rings. The topological polar surface area (TPSA) is 81.7 Å². The molecule has 0 aromatic heterocycles. The minimum atomic E-state index is -1.23. The average Bonchev–Trinajstić information content (AvgIpc) is 2.45. The Labute approximate surface area is 143 Å². The van der Waals surface area contributed by atoms with Crippen LogP contribution < -0.4 is 10.5 Å². The monoisotopic (exact) mass is 335 g/mol. The van der Waals surface area contributed by atoms with Gasteiger partial charge in [0.15, 0.2) is 0 Å². The van der Waals surface area contributed by atoms with Crippen molar-refractivity contribution in [2.75, 3.05) is 0 Å². The molecule has 1 N–H and O–H groups in total. The summed E-state index contributed by atoms with van der Waals surface area (Å²) in [6.45, 7) is 9.20. The highest BCUT2D eigenvalue weighted by molar-refractivity contribution is 5.73. The molecule has 0 bridgehead atoms. The lowest BCUT2D eigenvalue weighted by atomic mass is 9.98. The predicted octanol–water partition coefficient (Wildman–Crippen LogP) is 2.09. The Kier molecular flexibility index (Phi) is 7.22. The molecule has 6 nitrogen and oxygen atoms in total. The number of hydrogen-bond donors (Lipinski definition) is 1. The molecule has 0 radical (unpaired) electrons. The van der Waals surface area contributed by atoms with Gasteiger partial charge in [-0.25, -0.2) is 9.80 Å². The first-order valence-corrected chi connectivity index (χ1v) is 8.15. The largest absolute Gasteiger partial charge is 0.548 e. The smallest absolute Gasteiger partial charge is 0.422 e. The second-order valence-corrected chi connectivity index (χ2v) is 6.88. The third-order valence-electron chi connectivity index (χ3n) is 3.59. The lowest BCUT2D eigenvalue weighted by Gasteiger charge is -2.36. The zero-order valence-corrected chi connectivity index (χ0v) is 15.0. The number of benzene rings is 1. The van der Waals surface area contributed by atoms with Crippen LogP contribution in [-0.4, -0.2) is 28.7 Å². The number of hydrogen-bond acceptors (Lipinski definition) is 5. The fourth-order valence-corrected chi connectivity index (χ4v) is 2.30. The first-order chi connectivity index (χ1) is 11.1. The number of aliphatic carboxylic acids is 1. The first kappa shape index (κ1) is 20.0. The Hall–Kier alpha value is -2.08. The summed E-state index contributed by atoms with van der Waals surface area (Å²) >= 11 is 0. The highest BCUT2D eigenvalue weighted by Gasteiger charge is 2.28. The van der Waals surface area contributed by atoms with Gasteiger partial charge in [0.2, 0.25) is 0 Å². The summed E-state index contributed by atoms with van der Waals surface area (Å²) in [5.41, 5.74) is 2.78. The summed E-state index contributed by atoms with van der Waals surface area (Å²) in [7, 11) is 0. The summed E-state index contributed by atoms with van der Waals surface area (Å²) in [5, 5.41) is 13.0. The standard InChI is InChI=1S/C18H28N2O4/c1-6-13(2)15(16(21)22)20(12-14-10-8-7-9-11-14)19-17(23)24-18(3,4)5/h7-11,13,15H,6,12H2,1-5H3,(H,19,23)(H,21,22)/p-1/t13-,15-/m0/s1. The number of nitrogens with zero attached hydrogens (tertiary/aromatic N) is 1. The van der Waals surface area contributed by atoms with Crippen molar-refractivity contribution >= 4 is 12.1 Å². The normalized spacial score (nSPS) is 14.1. The Morgan fingerprint density at radius 1 is 1.25 bits per heavy atom. The van der Waals surface area contributed by atoms with Gasteiger partial charge in [0, 0.05) is 6.54 Å². The maximum atomic E-state index is 12.1. The maximum Gasteiger partial charge on any atom is 0.422 e. The molecule has 0 aliphatic heterocycles. The van der Waals surface area contributed by atoms with Crippen molar-refractivity contribution in [2.24, 2.45) is 5.92 Å². The number of carbonyl (C=O) groups excluding carboxylic acids is 2. The number of rotatable bonds is 7. The second kappa shape index (κ2) is 8.68. The number of ether oxygens (including phenoxy) is 1. The molecule has 0 aliphatic rings. The lowest BCUT2D eigenvalue weighted by Crippen LogP contribution is -2.58. The molecule has 134 valence electrons. The summed E-state index contributed by atoms with van der Waals surface area (Å²) in [4.78, 5) is 23.8. The molecule has 0 saturated carbocycles. The van der Waals surface area contributed by atoms with Crippen molar-refractivity contribution in [3.8, 4) is 0 Å². The molecule has 0 saturated heterocycles. The predicted molar refractivity (Wildman–Crippen MR) is 89.6 cm³/mol. The molecule has 24 heavy (non-hydrogen) atoms. The van der Waals surface area contributed by atoms with Crippen molar-refractivity contribution in [3.63, 3.8) is 0 Å². The van der Waals surface area contributed by atoms with E-state index in [4.69, 9.17) is 4.74 Å². The summed E-state index contributed by atoms with van der Waals surface area (Å²) in [5.74, 6) is -1.43. The van der Waals surface area contributed by atoms with E-state index in [1.54, 1.807) is 20.8 Å². The number of carboxylic acids is 1. The van der Waals surface area contributed by atoms with Crippen molar-refractivity contribution in [2.45, 2.75) is 59.2 Å². The zero-order valence-electron chi connectivity index (χ0n) is 15.0. The molecular weight excluding hydrogens is 308 g/mol. The Morgan fingerprint density at radius 2 is 1.83 bits per heavy atom. The molecule has 6 heteroatoms. The second-order valence-electron chi connectivity index (χ2n) is 6.88. The van der Waals surface area contributed by atoms with Gasteiger partial charge in [-0.3, -0.25) is 5.43 Å². The number of carbonyl (C=O) groups is 2. The fourth-order valence-electron chi connectivity index (χ4n) is 2.30. The molecule has 0 heterocycles. The molecular formula is C18H27N2O4-. The summed E-state index contributed by atoms with van der Waals surface area (Å²) in [6, 6.07) is 8.37. The van der Waals surface area contributed by atoms with Gasteiger partial charge in [0.25, 0.3) is 0 Å². The van der Waals surface area contributed by atoms with Gasteiger partial charge in [-0.15, -0.1) is 0 Å². The number of hydrazine groups is 1. The van der Waals surface area contributed by atoms with Crippen molar-refractivity contribution in [1.29, 1.82) is 0 Å². The highest BCUT2D eigenvalue weighted by Crippen LogP contribution is 2.17. The molecule has 0 fully saturated rings. The van der Waals surface area contributed by atoms with E-state index >= 15 is 0 Å². The number of nitrogens with one attached hydrogen (secondary N) is 1. The molecule has 0 unspecified atom stereocenters. The van der Waals surface area contributed by atoms with Crippen LogP contribution >= 0.6 is 0 Å². The third-order valence-corrected chi connectivity index (χ3v) is 3.59. The van der Waals surface area contributed by atoms with E-state index in [-0.39, 0.29) is 12.5 Å². The van der Waals surface area contributed by atoms with Gasteiger partial charge in [0.1, 0.15) is 5.60 Å². The van der Waals surface area contributed by atoms with Crippen LogP contribution in [0.1, 0.15) is 46.6 Å². The van der Waals surface area contributed by atoms with E-state index in [0.717, 1.165) is 5.56 Å². The van der Waals surface area contributed by atoms with Crippen LogP contribution in [0.15, 0.2) is 30.3 Å². The fraction of sp³-hybridized carbons (Fsp3) is 0.556. The Balaban J connectivity index is 3.01. The van der Waals surface area contributed by atoms with Crippen LogP contribution in [0.4, 0.5) is 4.79 Å². The quantitative estimate of drug-likeness (QED) is 0.772. The van der Waals surface area contributed by atoms with E-state index < -0.39 is 23.7 Å². The van der Waals surface area contributed by atoms with Gasteiger partial charge in [-0.1, -0.05) is 50.6 Å². The number of amides is 1. The van der Waals surface area contributed by atoms with Gasteiger partial charge >= 0.3 is 6.09 Å². The van der Waals surface area contributed by atoms with Crippen molar-refractivity contribution < 1.29 is 19.4 Å². The van der Waals surface area contributed by atoms with Crippen molar-refractivity contribution in [1.82, 2.24) is 10.4 Å². The number of carboxylic acid groups (broad SMARTS) is 1. The maximum absolute atomic E-state index is 12.1. The van der Waals surface area contributed by atoms with E-state index in [0.29, 0.717) is 6.42 Å². The minimum absolute atomic E-state index is 0.200. The third kappa shape index (κ3) is 6.58. The van der Waals surface area contributed by atoms with Crippen LogP contribution in [-0.2, 0) is 16.1 Å². The molecule has 2 atom stereocenters. The first-order valence-electron chi connectivity index (χ1n) is 8.15. The van der Waals surface area contributed by atoms with Crippen LogP contribution in [0.5, 0.6) is 0 Å². The SMILES string of the molecule is CC[C@H](C)[C@@H](C(=O)[O-])N(Cc1ccccc1)NC(=O)OC(C)(C)C. The van der Waals surface area contributed by atoms with Crippen LogP contribution in [0.3, 0.4) is 0 Å². The molecule has 1 amide bonds. The zero-order chi connectivity index (χ0) is 18.3. The van der Waals surface area contributed by atoms with Crippen LogP contribution in [0.2, 0.25) is 0 Å². The van der Waals surface area contributed by atoms with E-state index in [1.165, 1.54) is 5.01 Å². The van der Waals surface area contributed by atoms with E-state index in [9.17, 15) is 14.7 Å².